The Bertz CT molecular complexity index is 591. The topological polar surface area (TPSA) is 59.0 Å². The number of aryl methyl sites for hydroxylation is 2. The van der Waals surface area contributed by atoms with Gasteiger partial charge < -0.3 is 10.6 Å². The van der Waals surface area contributed by atoms with Crippen LogP contribution in [0.15, 0.2) is 22.9 Å². The molecule has 5 nitrogen and oxygen atoms in total. The molecular weight excluding hydrogens is 296 g/mol. The van der Waals surface area contributed by atoms with E-state index in [1.165, 1.54) is 5.56 Å². The average molecular weight is 320 g/mol. The van der Waals surface area contributed by atoms with E-state index >= 15 is 0 Å². The van der Waals surface area contributed by atoms with Gasteiger partial charge in [0.2, 0.25) is 0 Å². The first-order valence-corrected chi connectivity index (χ1v) is 8.52. The second-order valence-corrected chi connectivity index (χ2v) is 6.51. The summed E-state index contributed by atoms with van der Waals surface area (Å²) in [5, 5.41) is 14.4. The lowest BCUT2D eigenvalue weighted by Crippen LogP contribution is -2.39. The molecule has 0 radical (unpaired) electrons. The highest BCUT2D eigenvalue weighted by atomic mass is 32.1. The lowest BCUT2D eigenvalue weighted by Gasteiger charge is -2.14. The number of amides is 2. The molecule has 120 valence electrons. The van der Waals surface area contributed by atoms with E-state index in [9.17, 15) is 4.79 Å². The summed E-state index contributed by atoms with van der Waals surface area (Å²) < 4.78 is 2.00. The Morgan fingerprint density at radius 1 is 1.41 bits per heavy atom. The first kappa shape index (κ1) is 16.5. The minimum Gasteiger partial charge on any atom is -0.338 e. The molecule has 0 aliphatic carbocycles. The molecule has 22 heavy (non-hydrogen) atoms. The fourth-order valence-corrected chi connectivity index (χ4v) is 3.01. The van der Waals surface area contributed by atoms with E-state index in [0.29, 0.717) is 19.0 Å². The number of carbonyl (C=O) groups is 1. The highest BCUT2D eigenvalue weighted by molar-refractivity contribution is 7.07. The number of carbonyl (C=O) groups excluding carboxylic acids is 1. The molecule has 2 amide bonds. The monoisotopic (exact) mass is 320 g/mol. The predicted octanol–water partition coefficient (Wildman–Crippen LogP) is 2.74. The van der Waals surface area contributed by atoms with E-state index in [2.05, 4.69) is 52.5 Å². The zero-order valence-corrected chi connectivity index (χ0v) is 14.2. The molecule has 0 aliphatic rings. The number of urea groups is 1. The predicted molar refractivity (Wildman–Crippen MR) is 90.3 cm³/mol. The van der Waals surface area contributed by atoms with E-state index in [4.69, 9.17) is 0 Å². The fraction of sp³-hybridized carbons (Fsp3) is 0.500. The SMILES string of the molecule is Cc1cc(C)n(C[C@H](C)CNC(=O)NCCc2ccsc2)n1. The molecule has 0 bridgehead atoms. The van der Waals surface area contributed by atoms with Crippen LogP contribution in [-0.2, 0) is 13.0 Å². The van der Waals surface area contributed by atoms with E-state index in [1.54, 1.807) is 11.3 Å². The number of thiophene rings is 1. The van der Waals surface area contributed by atoms with Gasteiger partial charge >= 0.3 is 6.03 Å². The van der Waals surface area contributed by atoms with Gasteiger partial charge in [-0.2, -0.15) is 16.4 Å². The largest absolute Gasteiger partial charge is 0.338 e. The van der Waals surface area contributed by atoms with Crippen LogP contribution >= 0.6 is 11.3 Å². The Kier molecular flexibility index (Phi) is 6.00. The molecule has 1 atom stereocenters. The minimum atomic E-state index is -0.101. The van der Waals surface area contributed by atoms with E-state index in [-0.39, 0.29) is 6.03 Å². The summed E-state index contributed by atoms with van der Waals surface area (Å²) >= 11 is 1.68. The van der Waals surface area contributed by atoms with Gasteiger partial charge in [-0.1, -0.05) is 6.92 Å². The average Bonchev–Trinajstić information content (AvgIpc) is 3.07. The maximum Gasteiger partial charge on any atom is 0.314 e. The van der Waals surface area contributed by atoms with Gasteiger partial charge in [0.15, 0.2) is 0 Å². The van der Waals surface area contributed by atoms with Crippen molar-refractivity contribution in [2.75, 3.05) is 13.1 Å². The van der Waals surface area contributed by atoms with Crippen LogP contribution in [0.2, 0.25) is 0 Å². The lowest BCUT2D eigenvalue weighted by atomic mass is 10.2. The summed E-state index contributed by atoms with van der Waals surface area (Å²) in [6.45, 7) is 8.28. The number of aromatic nitrogens is 2. The van der Waals surface area contributed by atoms with Crippen LogP contribution in [0.4, 0.5) is 4.79 Å². The van der Waals surface area contributed by atoms with Crippen LogP contribution in [0.1, 0.15) is 23.9 Å². The smallest absolute Gasteiger partial charge is 0.314 e. The van der Waals surface area contributed by atoms with Gasteiger partial charge in [0.05, 0.1) is 5.69 Å². The molecule has 2 rings (SSSR count). The Labute approximate surface area is 135 Å². The number of nitrogens with one attached hydrogen (secondary N) is 2. The third-order valence-electron chi connectivity index (χ3n) is 3.48. The molecule has 0 fully saturated rings. The van der Waals surface area contributed by atoms with Crippen LogP contribution in [-0.4, -0.2) is 28.9 Å². The Morgan fingerprint density at radius 2 is 2.23 bits per heavy atom. The van der Waals surface area contributed by atoms with Crippen molar-refractivity contribution >= 4 is 17.4 Å². The lowest BCUT2D eigenvalue weighted by molar-refractivity contribution is 0.238. The first-order chi connectivity index (χ1) is 10.5. The summed E-state index contributed by atoms with van der Waals surface area (Å²) in [6.07, 6.45) is 0.873. The Morgan fingerprint density at radius 3 is 2.86 bits per heavy atom. The maximum absolute atomic E-state index is 11.8. The Balaban J connectivity index is 1.64. The van der Waals surface area contributed by atoms with Crippen molar-refractivity contribution in [3.8, 4) is 0 Å². The van der Waals surface area contributed by atoms with Crippen LogP contribution in [0.3, 0.4) is 0 Å². The quantitative estimate of drug-likeness (QED) is 0.824. The molecule has 2 aromatic rings. The van der Waals surface area contributed by atoms with Crippen molar-refractivity contribution in [1.82, 2.24) is 20.4 Å². The molecule has 2 heterocycles. The van der Waals surface area contributed by atoms with E-state index in [0.717, 1.165) is 24.4 Å². The first-order valence-electron chi connectivity index (χ1n) is 7.58. The molecule has 6 heteroatoms. The van der Waals surface area contributed by atoms with Crippen molar-refractivity contribution in [3.05, 3.63) is 39.8 Å². The summed E-state index contributed by atoms with van der Waals surface area (Å²) in [5.41, 5.74) is 3.46. The van der Waals surface area contributed by atoms with Crippen molar-refractivity contribution in [1.29, 1.82) is 0 Å². The Hall–Kier alpha value is -1.82. The molecular formula is C16H24N4OS. The molecule has 0 aromatic carbocycles. The van der Waals surface area contributed by atoms with Crippen LogP contribution < -0.4 is 10.6 Å². The van der Waals surface area contributed by atoms with E-state index < -0.39 is 0 Å². The molecule has 0 saturated heterocycles. The van der Waals surface area contributed by atoms with Gasteiger partial charge in [-0.25, -0.2) is 4.79 Å². The van der Waals surface area contributed by atoms with Gasteiger partial charge in [0.1, 0.15) is 0 Å². The molecule has 2 aromatic heterocycles. The number of nitrogens with zero attached hydrogens (tertiary/aromatic N) is 2. The maximum atomic E-state index is 11.8. The van der Waals surface area contributed by atoms with Gasteiger partial charge in [-0.05, 0) is 54.6 Å². The van der Waals surface area contributed by atoms with Gasteiger partial charge in [-0.15, -0.1) is 0 Å². The highest BCUT2D eigenvalue weighted by Gasteiger charge is 2.08. The van der Waals surface area contributed by atoms with Crippen molar-refractivity contribution in [2.24, 2.45) is 5.92 Å². The molecule has 0 unspecified atom stereocenters. The zero-order chi connectivity index (χ0) is 15.9. The highest BCUT2D eigenvalue weighted by Crippen LogP contribution is 2.06. The van der Waals surface area contributed by atoms with E-state index in [1.807, 2.05) is 11.6 Å². The number of rotatable bonds is 7. The van der Waals surface area contributed by atoms with Crippen LogP contribution in [0.25, 0.3) is 0 Å². The van der Waals surface area contributed by atoms with Crippen LogP contribution in [0.5, 0.6) is 0 Å². The number of hydrogen-bond acceptors (Lipinski definition) is 3. The fourth-order valence-electron chi connectivity index (χ4n) is 2.30. The van der Waals surface area contributed by atoms with Crippen molar-refractivity contribution in [2.45, 2.75) is 33.7 Å². The van der Waals surface area contributed by atoms with Gasteiger partial charge in [0.25, 0.3) is 0 Å². The molecule has 2 N–H and O–H groups in total. The van der Waals surface area contributed by atoms with Gasteiger partial charge in [0, 0.05) is 25.3 Å². The molecule has 0 spiro atoms. The third-order valence-corrected chi connectivity index (χ3v) is 4.21. The molecule has 0 aliphatic heterocycles. The summed E-state index contributed by atoms with van der Waals surface area (Å²) in [7, 11) is 0. The zero-order valence-electron chi connectivity index (χ0n) is 13.4. The second-order valence-electron chi connectivity index (χ2n) is 5.73. The minimum absolute atomic E-state index is 0.101. The van der Waals surface area contributed by atoms with Crippen molar-refractivity contribution < 1.29 is 4.79 Å². The summed E-state index contributed by atoms with van der Waals surface area (Å²) in [6, 6.07) is 4.05. The van der Waals surface area contributed by atoms with Crippen LogP contribution in [0, 0.1) is 19.8 Å². The second kappa shape index (κ2) is 7.98. The van der Waals surface area contributed by atoms with Crippen molar-refractivity contribution in [3.63, 3.8) is 0 Å². The summed E-state index contributed by atoms with van der Waals surface area (Å²) in [4.78, 5) is 11.8. The standard InChI is InChI=1S/C16H24N4OS/c1-12(10-20-14(3)8-13(2)19-20)9-18-16(21)17-6-4-15-5-7-22-11-15/h5,7-8,11-12H,4,6,9-10H2,1-3H3,(H2,17,18,21)/t12-/m1/s1. The third kappa shape index (κ3) is 5.18. The van der Waals surface area contributed by atoms with Gasteiger partial charge in [-0.3, -0.25) is 4.68 Å². The normalized spacial score (nSPS) is 12.1. The number of hydrogen-bond donors (Lipinski definition) is 2. The molecule has 0 saturated carbocycles. The summed E-state index contributed by atoms with van der Waals surface area (Å²) in [5.74, 6) is 0.334.